The molecule has 3 unspecified atom stereocenters. The van der Waals surface area contributed by atoms with Crippen LogP contribution in [0.15, 0.2) is 12.1 Å². The summed E-state index contributed by atoms with van der Waals surface area (Å²) >= 11 is 0. The van der Waals surface area contributed by atoms with Crippen LogP contribution in [-0.4, -0.2) is 37.1 Å². The summed E-state index contributed by atoms with van der Waals surface area (Å²) in [6.07, 6.45) is 13.8. The summed E-state index contributed by atoms with van der Waals surface area (Å²) in [5.74, 6) is 3.89. The number of fused-ring (bicyclic) bond motifs is 1. The van der Waals surface area contributed by atoms with E-state index in [4.69, 9.17) is 9.47 Å². The van der Waals surface area contributed by atoms with Crippen molar-refractivity contribution in [3.63, 3.8) is 0 Å². The Hall–Kier alpha value is -1.55. The van der Waals surface area contributed by atoms with Gasteiger partial charge in [0.2, 0.25) is 0 Å². The summed E-state index contributed by atoms with van der Waals surface area (Å²) in [5.41, 5.74) is 2.11. The Bertz CT molecular complexity index is 788. The van der Waals surface area contributed by atoms with E-state index in [-0.39, 0.29) is 18.1 Å². The lowest BCUT2D eigenvalue weighted by molar-refractivity contribution is -0.135. The maximum atomic E-state index is 12.0. The molecule has 0 spiro atoms. The number of benzene rings is 1. The first-order valence-electron chi connectivity index (χ1n) is 14.2. The molecule has 1 aromatic carbocycles. The molecule has 3 atom stereocenters. The normalized spacial score (nSPS) is 19.4. The van der Waals surface area contributed by atoms with Crippen molar-refractivity contribution in [1.82, 2.24) is 4.90 Å². The van der Waals surface area contributed by atoms with Gasteiger partial charge in [0, 0.05) is 0 Å². The maximum Gasteiger partial charge on any atom is 0.325 e. The molecule has 4 nitrogen and oxygen atoms in total. The van der Waals surface area contributed by atoms with Crippen LogP contribution in [0.1, 0.15) is 110 Å². The molecule has 0 aromatic heterocycles. The first kappa shape index (κ1) is 29.7. The van der Waals surface area contributed by atoms with Gasteiger partial charge in [-0.3, -0.25) is 9.69 Å². The van der Waals surface area contributed by atoms with Crippen LogP contribution < -0.4 is 9.47 Å². The third kappa shape index (κ3) is 10.9. The molecule has 0 fully saturated rings. The fraction of sp³-hybridized carbons (Fsp3) is 0.774. The van der Waals surface area contributed by atoms with E-state index in [9.17, 15) is 4.79 Å². The molecule has 1 aromatic rings. The van der Waals surface area contributed by atoms with E-state index in [0.29, 0.717) is 5.75 Å². The zero-order chi connectivity index (χ0) is 26.0. The number of hydrogen-bond acceptors (Lipinski definition) is 4. The largest absolute Gasteiger partial charge is 0.487 e. The fourth-order valence-electron chi connectivity index (χ4n) is 5.30. The Morgan fingerprint density at radius 3 is 2.20 bits per heavy atom. The second-order valence-electron chi connectivity index (χ2n) is 12.4. The third-order valence-corrected chi connectivity index (χ3v) is 7.55. The zero-order valence-corrected chi connectivity index (χ0v) is 24.0. The molecular formula is C31H53NO3. The summed E-state index contributed by atoms with van der Waals surface area (Å²) in [7, 11) is 3.73. The van der Waals surface area contributed by atoms with Gasteiger partial charge in [0.25, 0.3) is 0 Å². The van der Waals surface area contributed by atoms with E-state index in [1.807, 2.05) is 31.1 Å². The number of nitrogens with zero attached hydrogens (tertiary/aromatic N) is 1. The number of aryl methyl sites for hydroxylation is 2. The summed E-state index contributed by atoms with van der Waals surface area (Å²) in [4.78, 5) is 13.9. The van der Waals surface area contributed by atoms with Crippen molar-refractivity contribution in [3.05, 3.63) is 23.3 Å². The second-order valence-corrected chi connectivity index (χ2v) is 12.4. The molecule has 4 heteroatoms. The fourth-order valence-corrected chi connectivity index (χ4v) is 5.30. The van der Waals surface area contributed by atoms with E-state index < -0.39 is 0 Å². The topological polar surface area (TPSA) is 38.8 Å². The minimum Gasteiger partial charge on any atom is -0.487 e. The number of rotatable bonds is 15. The van der Waals surface area contributed by atoms with Gasteiger partial charge < -0.3 is 9.47 Å². The first-order chi connectivity index (χ1) is 16.5. The van der Waals surface area contributed by atoms with Crippen molar-refractivity contribution in [2.75, 3.05) is 20.6 Å². The molecule has 35 heavy (non-hydrogen) atoms. The maximum absolute atomic E-state index is 12.0. The summed E-state index contributed by atoms with van der Waals surface area (Å²) in [5, 5.41) is 0. The van der Waals surface area contributed by atoms with Crippen molar-refractivity contribution >= 4 is 5.97 Å². The second kappa shape index (κ2) is 14.3. The lowest BCUT2D eigenvalue weighted by Gasteiger charge is -2.37. The number of hydrogen-bond donors (Lipinski definition) is 0. The van der Waals surface area contributed by atoms with Gasteiger partial charge >= 0.3 is 5.97 Å². The van der Waals surface area contributed by atoms with Crippen LogP contribution >= 0.6 is 0 Å². The number of ether oxygens (including phenoxy) is 2. The first-order valence-corrected chi connectivity index (χ1v) is 14.2. The predicted octanol–water partition coefficient (Wildman–Crippen LogP) is 7.98. The van der Waals surface area contributed by atoms with Gasteiger partial charge in [-0.25, -0.2) is 0 Å². The molecular weight excluding hydrogens is 434 g/mol. The average Bonchev–Trinajstić information content (AvgIpc) is 2.73. The Labute approximate surface area is 216 Å². The van der Waals surface area contributed by atoms with Crippen molar-refractivity contribution in [2.24, 2.45) is 17.8 Å². The van der Waals surface area contributed by atoms with Crippen LogP contribution in [0.4, 0.5) is 0 Å². The molecule has 0 aliphatic carbocycles. The lowest BCUT2D eigenvalue weighted by atomic mass is 9.85. The summed E-state index contributed by atoms with van der Waals surface area (Å²) in [6.45, 7) is 14.1. The summed E-state index contributed by atoms with van der Waals surface area (Å²) < 4.78 is 12.1. The lowest BCUT2D eigenvalue weighted by Crippen LogP contribution is -2.36. The molecule has 0 bridgehead atoms. The van der Waals surface area contributed by atoms with Gasteiger partial charge in [-0.15, -0.1) is 0 Å². The molecule has 1 heterocycles. The van der Waals surface area contributed by atoms with Crippen molar-refractivity contribution in [1.29, 1.82) is 0 Å². The van der Waals surface area contributed by atoms with Crippen molar-refractivity contribution in [3.8, 4) is 11.5 Å². The monoisotopic (exact) mass is 487 g/mol. The molecule has 1 aliphatic rings. The minimum atomic E-state index is -0.231. The molecule has 2 rings (SSSR count). The Kier molecular flexibility index (Phi) is 12.1. The van der Waals surface area contributed by atoms with Gasteiger partial charge in [0.1, 0.15) is 17.1 Å². The number of likely N-dealkylation sites (N-methyl/N-ethyl adjacent to an activating group) is 1. The van der Waals surface area contributed by atoms with Crippen LogP contribution in [-0.2, 0) is 11.2 Å². The highest BCUT2D eigenvalue weighted by atomic mass is 16.5. The predicted molar refractivity (Wildman–Crippen MR) is 147 cm³/mol. The molecule has 0 radical (unpaired) electrons. The minimum absolute atomic E-state index is 0.106. The SMILES string of the molecule is Cc1cc(OC(=O)CN(C)C)cc2c1OC(C)(CCCC(C)CCCC(C)CCCC(C)C)CC2. The van der Waals surface area contributed by atoms with E-state index >= 15 is 0 Å². The van der Waals surface area contributed by atoms with E-state index in [1.54, 1.807) is 0 Å². The highest BCUT2D eigenvalue weighted by Crippen LogP contribution is 2.40. The van der Waals surface area contributed by atoms with Crippen molar-refractivity contribution < 1.29 is 14.3 Å². The molecule has 0 N–H and O–H groups in total. The summed E-state index contributed by atoms with van der Waals surface area (Å²) in [6, 6.07) is 3.92. The van der Waals surface area contributed by atoms with Crippen LogP contribution in [0.2, 0.25) is 0 Å². The highest BCUT2D eigenvalue weighted by molar-refractivity contribution is 5.74. The number of carbonyl (C=O) groups excluding carboxylic acids is 1. The van der Waals surface area contributed by atoms with E-state index in [0.717, 1.165) is 53.9 Å². The van der Waals surface area contributed by atoms with E-state index in [1.165, 1.54) is 51.4 Å². The molecule has 0 amide bonds. The van der Waals surface area contributed by atoms with Gasteiger partial charge in [-0.1, -0.05) is 72.6 Å². The van der Waals surface area contributed by atoms with Crippen molar-refractivity contribution in [2.45, 2.75) is 118 Å². The van der Waals surface area contributed by atoms with Gasteiger partial charge in [-0.05, 0) is 94.6 Å². The van der Waals surface area contributed by atoms with Gasteiger partial charge in [0.05, 0.1) is 6.54 Å². The molecule has 0 saturated heterocycles. The van der Waals surface area contributed by atoms with Gasteiger partial charge in [-0.2, -0.15) is 0 Å². The van der Waals surface area contributed by atoms with Crippen LogP contribution in [0, 0.1) is 24.7 Å². The smallest absolute Gasteiger partial charge is 0.325 e. The number of esters is 1. The van der Waals surface area contributed by atoms with Crippen LogP contribution in [0.5, 0.6) is 11.5 Å². The molecule has 200 valence electrons. The average molecular weight is 488 g/mol. The van der Waals surface area contributed by atoms with E-state index in [2.05, 4.69) is 41.5 Å². The zero-order valence-electron chi connectivity index (χ0n) is 24.0. The van der Waals surface area contributed by atoms with Crippen LogP contribution in [0.3, 0.4) is 0 Å². The van der Waals surface area contributed by atoms with Gasteiger partial charge in [0.15, 0.2) is 0 Å². The Morgan fingerprint density at radius 1 is 1.00 bits per heavy atom. The third-order valence-electron chi connectivity index (χ3n) is 7.55. The Balaban J connectivity index is 1.75. The number of carbonyl (C=O) groups is 1. The van der Waals surface area contributed by atoms with Crippen LogP contribution in [0.25, 0.3) is 0 Å². The Morgan fingerprint density at radius 2 is 1.60 bits per heavy atom. The molecule has 0 saturated carbocycles. The molecule has 1 aliphatic heterocycles. The highest BCUT2D eigenvalue weighted by Gasteiger charge is 2.32. The quantitative estimate of drug-likeness (QED) is 0.186. The standard InChI is InChI=1S/C31H53NO3/c1-23(2)12-9-13-24(3)14-10-15-25(4)16-11-18-31(6)19-17-27-21-28(20-26(5)30(27)35-31)34-29(33)22-32(7)8/h20-21,23-25H,9-19,22H2,1-8H3.